The number of H-pyrrole nitrogens is 1. The fraction of sp³-hybridized carbons (Fsp3) is 0.231. The van der Waals surface area contributed by atoms with Gasteiger partial charge in [-0.25, -0.2) is 0 Å². The van der Waals surface area contributed by atoms with Crippen molar-refractivity contribution in [2.75, 3.05) is 13.7 Å². The van der Waals surface area contributed by atoms with Gasteiger partial charge in [0.15, 0.2) is 4.77 Å². The first kappa shape index (κ1) is 16.4. The lowest BCUT2D eigenvalue weighted by atomic mass is 10.1. The van der Waals surface area contributed by atoms with E-state index in [1.807, 2.05) is 28.8 Å². The molecule has 108 valence electrons. The van der Waals surface area contributed by atoms with Crippen LogP contribution < -0.4 is 16.0 Å². The van der Waals surface area contributed by atoms with E-state index in [4.69, 9.17) is 22.7 Å². The van der Waals surface area contributed by atoms with Crippen LogP contribution in [0.5, 0.6) is 5.75 Å². The molecular weight excluding hydrogens is 298 g/mol. The molecule has 20 heavy (non-hydrogen) atoms. The molecule has 1 aromatic carbocycles. The molecule has 5 nitrogen and oxygen atoms in total. The van der Waals surface area contributed by atoms with Crippen molar-refractivity contribution in [3.05, 3.63) is 45.5 Å². The summed E-state index contributed by atoms with van der Waals surface area (Å²) < 4.78 is 7.37. The number of rotatable bonds is 4. The molecule has 0 aliphatic rings. The monoisotopic (exact) mass is 313 g/mol. The van der Waals surface area contributed by atoms with Crippen molar-refractivity contribution < 1.29 is 4.74 Å². The number of hydrogen-bond acceptors (Lipinski definition) is 4. The van der Waals surface area contributed by atoms with Crippen molar-refractivity contribution in [2.45, 2.75) is 6.54 Å². The SMILES string of the molecule is COc1cccc(-c2cc(=O)[nH]c(=S)n2CCN)c1.Cl. The molecule has 3 N–H and O–H groups in total. The number of aromatic amines is 1. The first-order valence-electron chi connectivity index (χ1n) is 5.84. The van der Waals surface area contributed by atoms with E-state index in [1.54, 1.807) is 7.11 Å². The van der Waals surface area contributed by atoms with Gasteiger partial charge in [0.05, 0.1) is 12.8 Å². The summed E-state index contributed by atoms with van der Waals surface area (Å²) in [7, 11) is 1.60. The number of methoxy groups -OCH3 is 1. The summed E-state index contributed by atoms with van der Waals surface area (Å²) >= 11 is 5.17. The molecule has 0 saturated carbocycles. The van der Waals surface area contributed by atoms with Crippen LogP contribution >= 0.6 is 24.6 Å². The molecule has 0 fully saturated rings. The quantitative estimate of drug-likeness (QED) is 0.846. The molecule has 1 heterocycles. The summed E-state index contributed by atoms with van der Waals surface area (Å²) in [5.41, 5.74) is 6.96. The summed E-state index contributed by atoms with van der Waals surface area (Å²) in [6.45, 7) is 0.986. The van der Waals surface area contributed by atoms with Gasteiger partial charge in [0, 0.05) is 24.7 Å². The average molecular weight is 314 g/mol. The van der Waals surface area contributed by atoms with Crippen LogP contribution in [0.15, 0.2) is 35.1 Å². The third kappa shape index (κ3) is 3.47. The van der Waals surface area contributed by atoms with Gasteiger partial charge >= 0.3 is 0 Å². The fourth-order valence-electron chi connectivity index (χ4n) is 1.89. The number of nitrogens with zero attached hydrogens (tertiary/aromatic N) is 1. The van der Waals surface area contributed by atoms with Crippen molar-refractivity contribution >= 4 is 24.6 Å². The molecule has 0 unspecified atom stereocenters. The average Bonchev–Trinajstić information content (AvgIpc) is 2.41. The molecule has 2 aromatic rings. The second-order valence-corrected chi connectivity index (χ2v) is 4.38. The van der Waals surface area contributed by atoms with E-state index in [0.29, 0.717) is 17.9 Å². The number of benzene rings is 1. The Bertz CT molecular complexity index is 697. The minimum atomic E-state index is -0.226. The number of nitrogens with two attached hydrogens (primary N) is 1. The van der Waals surface area contributed by atoms with Crippen molar-refractivity contribution in [1.29, 1.82) is 0 Å². The van der Waals surface area contributed by atoms with Gasteiger partial charge < -0.3 is 15.0 Å². The third-order valence-corrected chi connectivity index (χ3v) is 3.07. The minimum Gasteiger partial charge on any atom is -0.497 e. The first-order chi connectivity index (χ1) is 9.15. The Balaban J connectivity index is 0.00000200. The highest BCUT2D eigenvalue weighted by Gasteiger charge is 2.07. The van der Waals surface area contributed by atoms with Crippen LogP contribution in [-0.4, -0.2) is 23.2 Å². The van der Waals surface area contributed by atoms with Crippen molar-refractivity contribution in [2.24, 2.45) is 5.73 Å². The van der Waals surface area contributed by atoms with E-state index in [1.165, 1.54) is 6.07 Å². The highest BCUT2D eigenvalue weighted by molar-refractivity contribution is 7.71. The van der Waals surface area contributed by atoms with Crippen LogP contribution in [0.4, 0.5) is 0 Å². The van der Waals surface area contributed by atoms with Gasteiger partial charge in [0.2, 0.25) is 0 Å². The second kappa shape index (κ2) is 7.23. The van der Waals surface area contributed by atoms with E-state index in [-0.39, 0.29) is 18.0 Å². The van der Waals surface area contributed by atoms with Gasteiger partial charge in [0.1, 0.15) is 5.75 Å². The van der Waals surface area contributed by atoms with Gasteiger partial charge in [-0.15, -0.1) is 12.4 Å². The van der Waals surface area contributed by atoms with E-state index in [0.717, 1.165) is 17.0 Å². The Morgan fingerprint density at radius 1 is 1.40 bits per heavy atom. The van der Waals surface area contributed by atoms with Gasteiger partial charge in [0.25, 0.3) is 5.56 Å². The van der Waals surface area contributed by atoms with Gasteiger partial charge in [-0.05, 0) is 24.4 Å². The lowest BCUT2D eigenvalue weighted by molar-refractivity contribution is 0.415. The second-order valence-electron chi connectivity index (χ2n) is 4.00. The maximum Gasteiger partial charge on any atom is 0.252 e. The third-order valence-electron chi connectivity index (χ3n) is 2.75. The summed E-state index contributed by atoms with van der Waals surface area (Å²) in [5, 5.41) is 0. The number of ether oxygens (including phenoxy) is 1. The molecule has 0 saturated heterocycles. The molecular formula is C13H16ClN3O2S. The van der Waals surface area contributed by atoms with E-state index in [9.17, 15) is 4.79 Å². The highest BCUT2D eigenvalue weighted by atomic mass is 35.5. The zero-order valence-corrected chi connectivity index (χ0v) is 12.6. The molecule has 0 atom stereocenters. The van der Waals surface area contributed by atoms with Crippen LogP contribution in [0, 0.1) is 4.77 Å². The van der Waals surface area contributed by atoms with E-state index < -0.39 is 0 Å². The summed E-state index contributed by atoms with van der Waals surface area (Å²) in [4.78, 5) is 14.2. The standard InChI is InChI=1S/C13H15N3O2S.ClH/c1-18-10-4-2-3-9(7-10)11-8-12(17)15-13(19)16(11)6-5-14;/h2-4,7-8H,5-6,14H2,1H3,(H,15,17,19);1H. The first-order valence-corrected chi connectivity index (χ1v) is 6.25. The van der Waals surface area contributed by atoms with Gasteiger partial charge in [-0.3, -0.25) is 9.78 Å². The molecule has 7 heteroatoms. The molecule has 0 aliphatic carbocycles. The lowest BCUT2D eigenvalue weighted by Gasteiger charge is -2.13. The Labute approximate surface area is 127 Å². The van der Waals surface area contributed by atoms with Crippen LogP contribution in [0.1, 0.15) is 0 Å². The van der Waals surface area contributed by atoms with Crippen LogP contribution in [0.25, 0.3) is 11.3 Å². The molecule has 0 radical (unpaired) electrons. The van der Waals surface area contributed by atoms with Crippen molar-refractivity contribution in [3.63, 3.8) is 0 Å². The number of hydrogen-bond donors (Lipinski definition) is 2. The smallest absolute Gasteiger partial charge is 0.252 e. The Kier molecular flexibility index (Phi) is 5.94. The predicted molar refractivity (Wildman–Crippen MR) is 84.2 cm³/mol. The van der Waals surface area contributed by atoms with Crippen LogP contribution in [-0.2, 0) is 6.54 Å². The molecule has 1 aromatic heterocycles. The van der Waals surface area contributed by atoms with Crippen LogP contribution in [0.2, 0.25) is 0 Å². The molecule has 0 aliphatic heterocycles. The zero-order valence-electron chi connectivity index (χ0n) is 11.0. The number of aromatic nitrogens is 2. The Hall–Kier alpha value is -1.63. The summed E-state index contributed by atoms with van der Waals surface area (Å²) in [6, 6.07) is 8.99. The normalized spacial score (nSPS) is 9.90. The Morgan fingerprint density at radius 3 is 2.80 bits per heavy atom. The van der Waals surface area contributed by atoms with E-state index >= 15 is 0 Å². The molecule has 2 rings (SSSR count). The highest BCUT2D eigenvalue weighted by Crippen LogP contribution is 2.22. The zero-order chi connectivity index (χ0) is 13.8. The molecule has 0 spiro atoms. The van der Waals surface area contributed by atoms with Crippen LogP contribution in [0.3, 0.4) is 0 Å². The summed E-state index contributed by atoms with van der Waals surface area (Å²) in [6.07, 6.45) is 0. The van der Waals surface area contributed by atoms with Gasteiger partial charge in [-0.1, -0.05) is 12.1 Å². The largest absolute Gasteiger partial charge is 0.497 e. The maximum atomic E-state index is 11.6. The minimum absolute atomic E-state index is 0. The Morgan fingerprint density at radius 2 is 2.15 bits per heavy atom. The van der Waals surface area contributed by atoms with Crippen molar-refractivity contribution in [1.82, 2.24) is 9.55 Å². The predicted octanol–water partition coefficient (Wildman–Crippen LogP) is 1.96. The maximum absolute atomic E-state index is 11.6. The topological polar surface area (TPSA) is 73.0 Å². The number of halogens is 1. The molecule has 0 bridgehead atoms. The molecule has 0 amide bonds. The summed E-state index contributed by atoms with van der Waals surface area (Å²) in [5.74, 6) is 0.725. The lowest BCUT2D eigenvalue weighted by Crippen LogP contribution is -2.18. The number of nitrogens with one attached hydrogen (secondary N) is 1. The fourth-order valence-corrected chi connectivity index (χ4v) is 2.18. The van der Waals surface area contributed by atoms with Gasteiger partial charge in [-0.2, -0.15) is 0 Å². The van der Waals surface area contributed by atoms with Crippen molar-refractivity contribution in [3.8, 4) is 17.0 Å². The van der Waals surface area contributed by atoms with E-state index in [2.05, 4.69) is 4.98 Å².